The van der Waals surface area contributed by atoms with Gasteiger partial charge in [-0.2, -0.15) is 0 Å². The number of benzene rings is 2. The van der Waals surface area contributed by atoms with Crippen molar-refractivity contribution in [3.05, 3.63) is 59.7 Å². The standard InChI is InChI=1S/C37H48N4O11/c1-36(2,3)51-32(46)18-16-28(34(48)52-37(4,5)6)41-33(47)27(15-17-29(42)38-20-31(44)45)40-30(43)19-39-35(49)50-21-26-24-13-9-7-11-22(24)23-12-8-10-14-25(23)26/h7-14,26-28H,15-21H2,1-6H3,(H,38,42)(H,39,49)(H,40,43)(H,41,47)(H,44,45). The van der Waals surface area contributed by atoms with Crippen LogP contribution in [0.1, 0.15) is 84.3 Å². The van der Waals surface area contributed by atoms with Crippen molar-refractivity contribution in [2.75, 3.05) is 19.7 Å². The molecular weight excluding hydrogens is 676 g/mol. The van der Waals surface area contributed by atoms with E-state index in [1.165, 1.54) is 0 Å². The summed E-state index contributed by atoms with van der Waals surface area (Å²) in [6.07, 6.45) is -2.00. The highest BCUT2D eigenvalue weighted by atomic mass is 16.6. The fraction of sp³-hybridized carbons (Fsp3) is 0.486. The Bertz CT molecular complexity index is 1600. The van der Waals surface area contributed by atoms with Gasteiger partial charge in [0.15, 0.2) is 0 Å². The molecule has 0 bridgehead atoms. The normalized spacial score (nSPS) is 13.3. The molecule has 15 nitrogen and oxygen atoms in total. The molecule has 2 aromatic carbocycles. The van der Waals surface area contributed by atoms with Crippen LogP contribution in [-0.4, -0.2) is 89.8 Å². The molecule has 52 heavy (non-hydrogen) atoms. The van der Waals surface area contributed by atoms with Gasteiger partial charge in [0, 0.05) is 18.8 Å². The molecule has 0 aliphatic heterocycles. The van der Waals surface area contributed by atoms with Crippen LogP contribution < -0.4 is 21.3 Å². The second-order valence-electron chi connectivity index (χ2n) is 14.2. The number of aliphatic carboxylic acids is 1. The summed E-state index contributed by atoms with van der Waals surface area (Å²) in [6, 6.07) is 12.8. The minimum absolute atomic E-state index is 0.00726. The number of carboxylic acids is 1. The van der Waals surface area contributed by atoms with E-state index in [1.807, 2.05) is 48.5 Å². The van der Waals surface area contributed by atoms with Crippen LogP contribution in [0, 0.1) is 0 Å². The summed E-state index contributed by atoms with van der Waals surface area (Å²) in [5.74, 6) is -5.36. The fourth-order valence-electron chi connectivity index (χ4n) is 5.40. The molecule has 15 heteroatoms. The Hall–Kier alpha value is -5.47. The summed E-state index contributed by atoms with van der Waals surface area (Å²) in [4.78, 5) is 87.7. The first-order valence-electron chi connectivity index (χ1n) is 16.9. The van der Waals surface area contributed by atoms with E-state index in [2.05, 4.69) is 21.3 Å². The number of amides is 4. The maximum Gasteiger partial charge on any atom is 0.407 e. The molecule has 0 radical (unpaired) electrons. The molecule has 0 saturated carbocycles. The van der Waals surface area contributed by atoms with E-state index >= 15 is 0 Å². The van der Waals surface area contributed by atoms with Gasteiger partial charge in [0.05, 0.1) is 0 Å². The molecule has 0 aromatic heterocycles. The number of carbonyl (C=O) groups excluding carboxylic acids is 6. The van der Waals surface area contributed by atoms with Gasteiger partial charge >= 0.3 is 24.0 Å². The molecule has 3 rings (SSSR count). The van der Waals surface area contributed by atoms with E-state index in [-0.39, 0.29) is 38.2 Å². The zero-order chi connectivity index (χ0) is 38.6. The summed E-state index contributed by atoms with van der Waals surface area (Å²) in [6.45, 7) is 8.67. The number of rotatable bonds is 16. The molecule has 1 aliphatic rings. The Morgan fingerprint density at radius 3 is 1.81 bits per heavy atom. The third kappa shape index (κ3) is 13.3. The van der Waals surface area contributed by atoms with Gasteiger partial charge in [-0.15, -0.1) is 0 Å². The third-order valence-corrected chi connectivity index (χ3v) is 7.55. The average Bonchev–Trinajstić information content (AvgIpc) is 3.37. The maximum absolute atomic E-state index is 13.5. The Kier molecular flexibility index (Phi) is 14.3. The Morgan fingerprint density at radius 1 is 0.692 bits per heavy atom. The summed E-state index contributed by atoms with van der Waals surface area (Å²) in [7, 11) is 0. The largest absolute Gasteiger partial charge is 0.480 e. The summed E-state index contributed by atoms with van der Waals surface area (Å²) < 4.78 is 16.2. The van der Waals surface area contributed by atoms with Crippen molar-refractivity contribution in [2.45, 2.75) is 96.4 Å². The first-order chi connectivity index (χ1) is 24.3. The van der Waals surface area contributed by atoms with Gasteiger partial charge in [0.2, 0.25) is 17.7 Å². The first kappa shape index (κ1) is 41.0. The smallest absolute Gasteiger partial charge is 0.407 e. The van der Waals surface area contributed by atoms with Crippen LogP contribution in [0.2, 0.25) is 0 Å². The first-order valence-corrected chi connectivity index (χ1v) is 16.9. The Labute approximate surface area is 302 Å². The zero-order valence-electron chi connectivity index (χ0n) is 30.3. The molecular formula is C37H48N4O11. The topological polar surface area (TPSA) is 216 Å². The van der Waals surface area contributed by atoms with Crippen molar-refractivity contribution in [3.63, 3.8) is 0 Å². The van der Waals surface area contributed by atoms with Crippen LogP contribution >= 0.6 is 0 Å². The molecule has 0 saturated heterocycles. The van der Waals surface area contributed by atoms with Gasteiger partial charge in [-0.1, -0.05) is 48.5 Å². The maximum atomic E-state index is 13.5. The lowest BCUT2D eigenvalue weighted by Crippen LogP contribution is -2.54. The monoisotopic (exact) mass is 724 g/mol. The summed E-state index contributed by atoms with van der Waals surface area (Å²) in [5, 5.41) is 18.3. The van der Waals surface area contributed by atoms with E-state index in [0.717, 1.165) is 22.3 Å². The second kappa shape index (κ2) is 18.1. The van der Waals surface area contributed by atoms with Gasteiger partial charge in [-0.05, 0) is 76.6 Å². The van der Waals surface area contributed by atoms with Crippen LogP contribution in [0.3, 0.4) is 0 Å². The summed E-state index contributed by atoms with van der Waals surface area (Å²) >= 11 is 0. The summed E-state index contributed by atoms with van der Waals surface area (Å²) in [5.41, 5.74) is 2.38. The number of ether oxygens (including phenoxy) is 3. The molecule has 4 amide bonds. The number of carbonyl (C=O) groups is 7. The molecule has 2 aromatic rings. The van der Waals surface area contributed by atoms with Crippen molar-refractivity contribution in [2.24, 2.45) is 0 Å². The van der Waals surface area contributed by atoms with Crippen molar-refractivity contribution in [3.8, 4) is 11.1 Å². The van der Waals surface area contributed by atoms with Gasteiger partial charge in [-0.25, -0.2) is 9.59 Å². The van der Waals surface area contributed by atoms with Crippen LogP contribution in [0.15, 0.2) is 48.5 Å². The lowest BCUT2D eigenvalue weighted by molar-refractivity contribution is -0.160. The van der Waals surface area contributed by atoms with Crippen LogP contribution in [0.4, 0.5) is 4.79 Å². The number of carboxylic acid groups (broad SMARTS) is 1. The van der Waals surface area contributed by atoms with E-state index in [0.29, 0.717) is 0 Å². The van der Waals surface area contributed by atoms with Crippen molar-refractivity contribution in [1.82, 2.24) is 21.3 Å². The van der Waals surface area contributed by atoms with E-state index in [4.69, 9.17) is 19.3 Å². The highest BCUT2D eigenvalue weighted by Crippen LogP contribution is 2.44. The highest BCUT2D eigenvalue weighted by molar-refractivity contribution is 5.92. The van der Waals surface area contributed by atoms with E-state index in [1.54, 1.807) is 41.5 Å². The number of nitrogens with one attached hydrogen (secondary N) is 4. The third-order valence-electron chi connectivity index (χ3n) is 7.55. The van der Waals surface area contributed by atoms with E-state index in [9.17, 15) is 33.6 Å². The Balaban J connectivity index is 1.65. The van der Waals surface area contributed by atoms with E-state index < -0.39 is 78.1 Å². The molecule has 0 spiro atoms. The number of fused-ring (bicyclic) bond motifs is 3. The lowest BCUT2D eigenvalue weighted by Gasteiger charge is -2.26. The molecule has 5 N–H and O–H groups in total. The number of alkyl carbamates (subject to hydrolysis) is 1. The molecule has 0 fully saturated rings. The highest BCUT2D eigenvalue weighted by Gasteiger charge is 2.32. The molecule has 2 atom stereocenters. The van der Waals surface area contributed by atoms with Crippen LogP contribution in [-0.2, 0) is 43.0 Å². The molecule has 2 unspecified atom stereocenters. The lowest BCUT2D eigenvalue weighted by atomic mass is 9.98. The fourth-order valence-corrected chi connectivity index (χ4v) is 5.40. The van der Waals surface area contributed by atoms with Crippen LogP contribution in [0.5, 0.6) is 0 Å². The Morgan fingerprint density at radius 2 is 1.25 bits per heavy atom. The van der Waals surface area contributed by atoms with Crippen LogP contribution in [0.25, 0.3) is 11.1 Å². The predicted octanol–water partition coefficient (Wildman–Crippen LogP) is 2.94. The predicted molar refractivity (Wildman–Crippen MR) is 188 cm³/mol. The van der Waals surface area contributed by atoms with Crippen molar-refractivity contribution < 1.29 is 52.9 Å². The van der Waals surface area contributed by atoms with Gasteiger partial charge < -0.3 is 40.6 Å². The SMILES string of the molecule is CC(C)(C)OC(=O)CCC(NC(=O)C(CCC(=O)NCC(=O)O)NC(=O)CNC(=O)OCC1c2ccccc2-c2ccccc21)C(=O)OC(C)(C)C. The minimum Gasteiger partial charge on any atom is -0.480 e. The van der Waals surface area contributed by atoms with Crippen molar-refractivity contribution in [1.29, 1.82) is 0 Å². The second-order valence-corrected chi connectivity index (χ2v) is 14.2. The average molecular weight is 725 g/mol. The minimum atomic E-state index is -1.42. The van der Waals surface area contributed by atoms with Gasteiger partial charge in [-0.3, -0.25) is 24.0 Å². The van der Waals surface area contributed by atoms with Gasteiger partial charge in [0.25, 0.3) is 0 Å². The quantitative estimate of drug-likeness (QED) is 0.125. The molecule has 1 aliphatic carbocycles. The number of hydrogen-bond acceptors (Lipinski definition) is 10. The molecule has 0 heterocycles. The van der Waals surface area contributed by atoms with Crippen molar-refractivity contribution >= 4 is 41.7 Å². The number of hydrogen-bond donors (Lipinski definition) is 5. The number of esters is 2. The zero-order valence-corrected chi connectivity index (χ0v) is 30.3. The molecule has 282 valence electrons. The van der Waals surface area contributed by atoms with Gasteiger partial charge in [0.1, 0.15) is 43.0 Å².